The summed E-state index contributed by atoms with van der Waals surface area (Å²) in [7, 11) is 1.40. The van der Waals surface area contributed by atoms with Crippen LogP contribution in [0.25, 0.3) is 0 Å². The van der Waals surface area contributed by atoms with E-state index in [1.54, 1.807) is 11.8 Å². The molecule has 0 spiro atoms. The van der Waals surface area contributed by atoms with Crippen molar-refractivity contribution in [2.75, 3.05) is 19.4 Å². The Morgan fingerprint density at radius 2 is 2.26 bits per heavy atom. The van der Waals surface area contributed by atoms with Gasteiger partial charge in [0, 0.05) is 16.7 Å². The first kappa shape index (κ1) is 16.3. The smallest absolute Gasteiger partial charge is 0.306 e. The molecule has 1 atom stereocenters. The molecule has 1 aromatic carbocycles. The quantitative estimate of drug-likeness (QED) is 0.616. The maximum absolute atomic E-state index is 11.0. The third kappa shape index (κ3) is 5.43. The molecule has 0 saturated heterocycles. The number of benzene rings is 1. The molecule has 1 unspecified atom stereocenters. The number of carbonyl (C=O) groups is 1. The van der Waals surface area contributed by atoms with E-state index in [0.717, 1.165) is 16.5 Å². The van der Waals surface area contributed by atoms with E-state index in [1.807, 2.05) is 12.1 Å². The molecule has 0 heterocycles. The Bertz CT molecular complexity index is 426. The van der Waals surface area contributed by atoms with Crippen LogP contribution in [0.3, 0.4) is 0 Å². The Labute approximate surface area is 124 Å². The number of rotatable bonds is 7. The van der Waals surface area contributed by atoms with Crippen LogP contribution in [-0.2, 0) is 9.53 Å². The highest BCUT2D eigenvalue weighted by atomic mass is 35.5. The fourth-order valence-corrected chi connectivity index (χ4v) is 2.88. The lowest BCUT2D eigenvalue weighted by molar-refractivity contribution is -0.140. The standard InChI is InChI=1S/C14H20ClNO2S/c1-4-16-10(2)11-5-6-13(12(15)9-11)19-8-7-14(17)18-3/h5-6,9-10,16H,4,7-8H2,1-3H3. The maximum Gasteiger partial charge on any atom is 0.306 e. The van der Waals surface area contributed by atoms with Gasteiger partial charge in [-0.1, -0.05) is 24.6 Å². The van der Waals surface area contributed by atoms with Crippen LogP contribution in [0.4, 0.5) is 0 Å². The lowest BCUT2D eigenvalue weighted by Gasteiger charge is -2.14. The van der Waals surface area contributed by atoms with Crippen LogP contribution in [0.2, 0.25) is 5.02 Å². The number of hydrogen-bond donors (Lipinski definition) is 1. The van der Waals surface area contributed by atoms with Crippen molar-refractivity contribution < 1.29 is 9.53 Å². The van der Waals surface area contributed by atoms with E-state index >= 15 is 0 Å². The van der Waals surface area contributed by atoms with Crippen molar-refractivity contribution in [2.24, 2.45) is 0 Å². The number of thioether (sulfide) groups is 1. The topological polar surface area (TPSA) is 38.3 Å². The van der Waals surface area contributed by atoms with Crippen LogP contribution >= 0.6 is 23.4 Å². The van der Waals surface area contributed by atoms with Gasteiger partial charge in [-0.2, -0.15) is 0 Å². The third-order valence-electron chi connectivity index (χ3n) is 2.76. The van der Waals surface area contributed by atoms with E-state index in [-0.39, 0.29) is 12.0 Å². The van der Waals surface area contributed by atoms with Crippen LogP contribution < -0.4 is 5.32 Å². The van der Waals surface area contributed by atoms with E-state index in [0.29, 0.717) is 12.2 Å². The van der Waals surface area contributed by atoms with Crippen LogP contribution in [0, 0.1) is 0 Å². The molecule has 0 bridgehead atoms. The summed E-state index contributed by atoms with van der Waals surface area (Å²) in [5.74, 6) is 0.482. The number of carbonyl (C=O) groups excluding carboxylic acids is 1. The van der Waals surface area contributed by atoms with Gasteiger partial charge >= 0.3 is 5.97 Å². The normalized spacial score (nSPS) is 12.2. The van der Waals surface area contributed by atoms with Crippen LogP contribution in [0.15, 0.2) is 23.1 Å². The Balaban J connectivity index is 2.59. The molecule has 1 aromatic rings. The molecular weight excluding hydrogens is 282 g/mol. The second-order valence-corrected chi connectivity index (χ2v) is 5.69. The molecule has 0 saturated carbocycles. The molecule has 106 valence electrons. The van der Waals surface area contributed by atoms with Crippen LogP contribution in [0.1, 0.15) is 31.9 Å². The summed E-state index contributed by atoms with van der Waals surface area (Å²) in [6.07, 6.45) is 0.396. The van der Waals surface area contributed by atoms with E-state index in [9.17, 15) is 4.79 Å². The van der Waals surface area contributed by atoms with Crippen molar-refractivity contribution >= 4 is 29.3 Å². The van der Waals surface area contributed by atoms with Gasteiger partial charge in [0.15, 0.2) is 0 Å². The summed E-state index contributed by atoms with van der Waals surface area (Å²) in [6.45, 7) is 5.11. The van der Waals surface area contributed by atoms with Gasteiger partial charge in [-0.25, -0.2) is 0 Å². The van der Waals surface area contributed by atoms with Crippen molar-refractivity contribution in [3.63, 3.8) is 0 Å². The second-order valence-electron chi connectivity index (χ2n) is 4.14. The molecular formula is C14H20ClNO2S. The van der Waals surface area contributed by atoms with Gasteiger partial charge in [-0.05, 0) is 31.2 Å². The van der Waals surface area contributed by atoms with Gasteiger partial charge in [0.2, 0.25) is 0 Å². The highest BCUT2D eigenvalue weighted by Gasteiger charge is 2.08. The summed E-state index contributed by atoms with van der Waals surface area (Å²) in [5.41, 5.74) is 1.17. The van der Waals surface area contributed by atoms with Gasteiger partial charge < -0.3 is 10.1 Å². The van der Waals surface area contributed by atoms with Crippen LogP contribution in [0.5, 0.6) is 0 Å². The average molecular weight is 302 g/mol. The lowest BCUT2D eigenvalue weighted by atomic mass is 10.1. The zero-order chi connectivity index (χ0) is 14.3. The van der Waals surface area contributed by atoms with Gasteiger partial charge in [-0.3, -0.25) is 4.79 Å². The van der Waals surface area contributed by atoms with Crippen molar-refractivity contribution in [1.29, 1.82) is 0 Å². The molecule has 3 nitrogen and oxygen atoms in total. The van der Waals surface area contributed by atoms with E-state index in [4.69, 9.17) is 11.6 Å². The SMILES string of the molecule is CCNC(C)c1ccc(SCCC(=O)OC)c(Cl)c1. The molecule has 5 heteroatoms. The van der Waals surface area contributed by atoms with Gasteiger partial charge in [0.25, 0.3) is 0 Å². The first-order valence-corrected chi connectivity index (χ1v) is 7.67. The predicted octanol–water partition coefficient (Wildman–Crippen LogP) is 3.67. The molecule has 1 rings (SSSR count). The number of nitrogens with one attached hydrogen (secondary N) is 1. The van der Waals surface area contributed by atoms with Crippen molar-refractivity contribution in [2.45, 2.75) is 31.2 Å². The molecule has 0 radical (unpaired) electrons. The van der Waals surface area contributed by atoms with E-state index in [1.165, 1.54) is 12.7 Å². The molecule has 0 fully saturated rings. The number of ether oxygens (including phenoxy) is 1. The average Bonchev–Trinajstić information content (AvgIpc) is 2.40. The maximum atomic E-state index is 11.0. The van der Waals surface area contributed by atoms with Gasteiger partial charge in [0.1, 0.15) is 0 Å². The highest BCUT2D eigenvalue weighted by Crippen LogP contribution is 2.30. The minimum Gasteiger partial charge on any atom is -0.469 e. The number of methoxy groups -OCH3 is 1. The Morgan fingerprint density at radius 1 is 1.53 bits per heavy atom. The highest BCUT2D eigenvalue weighted by molar-refractivity contribution is 7.99. The molecule has 0 aliphatic rings. The van der Waals surface area contributed by atoms with Crippen molar-refractivity contribution in [3.8, 4) is 0 Å². The fraction of sp³-hybridized carbons (Fsp3) is 0.500. The number of hydrogen-bond acceptors (Lipinski definition) is 4. The molecule has 0 aliphatic heterocycles. The summed E-state index contributed by atoms with van der Waals surface area (Å²) in [5, 5.41) is 4.08. The second kappa shape index (κ2) is 8.46. The summed E-state index contributed by atoms with van der Waals surface area (Å²) >= 11 is 7.83. The first-order valence-electron chi connectivity index (χ1n) is 6.31. The third-order valence-corrected chi connectivity index (χ3v) is 4.26. The Hall–Kier alpha value is -0.710. The van der Waals surface area contributed by atoms with Gasteiger partial charge in [-0.15, -0.1) is 11.8 Å². The van der Waals surface area contributed by atoms with Crippen molar-refractivity contribution in [3.05, 3.63) is 28.8 Å². The summed E-state index contributed by atoms with van der Waals surface area (Å²) in [4.78, 5) is 12.0. The summed E-state index contributed by atoms with van der Waals surface area (Å²) in [6, 6.07) is 6.35. The lowest BCUT2D eigenvalue weighted by Crippen LogP contribution is -2.17. The largest absolute Gasteiger partial charge is 0.469 e. The molecule has 1 N–H and O–H groups in total. The monoisotopic (exact) mass is 301 g/mol. The van der Waals surface area contributed by atoms with E-state index < -0.39 is 0 Å². The Kier molecular flexibility index (Phi) is 7.28. The molecule has 0 aromatic heterocycles. The first-order chi connectivity index (χ1) is 9.08. The molecule has 0 amide bonds. The fourth-order valence-electron chi connectivity index (χ4n) is 1.67. The Morgan fingerprint density at radius 3 is 2.84 bits per heavy atom. The predicted molar refractivity (Wildman–Crippen MR) is 80.9 cm³/mol. The number of esters is 1. The minimum absolute atomic E-state index is 0.194. The minimum atomic E-state index is -0.194. The molecule has 0 aliphatic carbocycles. The van der Waals surface area contributed by atoms with Crippen molar-refractivity contribution in [1.82, 2.24) is 5.32 Å². The zero-order valence-electron chi connectivity index (χ0n) is 11.5. The number of halogens is 1. The zero-order valence-corrected chi connectivity index (χ0v) is 13.1. The van der Waals surface area contributed by atoms with Crippen LogP contribution in [-0.4, -0.2) is 25.4 Å². The van der Waals surface area contributed by atoms with Gasteiger partial charge in [0.05, 0.1) is 18.6 Å². The molecule has 19 heavy (non-hydrogen) atoms. The summed E-state index contributed by atoms with van der Waals surface area (Å²) < 4.78 is 4.60. The van der Waals surface area contributed by atoms with E-state index in [2.05, 4.69) is 30.0 Å².